The standard InChI is InChI=1S/C21H27FN2.ClH/c22-19-10-8-17(9-11-19)21-16-18-6-1-2-7-20(18)24(21)15-5-14-23-12-3-4-13-23;/h8-11,16H,1-7,12-15H2;1H. The number of hydrogen-bond donors (Lipinski definition) is 0. The van der Waals surface area contributed by atoms with Crippen LogP contribution in [-0.4, -0.2) is 29.1 Å². The molecule has 1 aromatic heterocycles. The predicted molar refractivity (Wildman–Crippen MR) is 104 cm³/mol. The maximum absolute atomic E-state index is 13.3. The summed E-state index contributed by atoms with van der Waals surface area (Å²) in [6, 6.07) is 9.36. The highest BCUT2D eigenvalue weighted by Gasteiger charge is 2.19. The number of hydrogen-bond acceptors (Lipinski definition) is 1. The number of aromatic nitrogens is 1. The molecule has 0 radical (unpaired) electrons. The lowest BCUT2D eigenvalue weighted by Crippen LogP contribution is -2.22. The summed E-state index contributed by atoms with van der Waals surface area (Å²) in [4.78, 5) is 2.59. The minimum atomic E-state index is -0.157. The van der Waals surface area contributed by atoms with E-state index in [1.54, 1.807) is 12.1 Å². The van der Waals surface area contributed by atoms with Gasteiger partial charge in [0.15, 0.2) is 0 Å². The van der Waals surface area contributed by atoms with Gasteiger partial charge < -0.3 is 9.47 Å². The minimum absolute atomic E-state index is 0. The van der Waals surface area contributed by atoms with Crippen molar-refractivity contribution in [3.05, 3.63) is 47.4 Å². The summed E-state index contributed by atoms with van der Waals surface area (Å²) in [5, 5.41) is 0. The highest BCUT2D eigenvalue weighted by atomic mass is 35.5. The smallest absolute Gasteiger partial charge is 0.123 e. The second-order valence-electron chi connectivity index (χ2n) is 7.27. The van der Waals surface area contributed by atoms with Crippen molar-refractivity contribution in [3.8, 4) is 11.3 Å². The highest BCUT2D eigenvalue weighted by molar-refractivity contribution is 5.85. The van der Waals surface area contributed by atoms with Crippen molar-refractivity contribution in [3.63, 3.8) is 0 Å². The Labute approximate surface area is 156 Å². The molecule has 1 aromatic carbocycles. The van der Waals surface area contributed by atoms with Crippen LogP contribution in [0, 0.1) is 5.82 Å². The van der Waals surface area contributed by atoms with E-state index in [1.807, 2.05) is 12.1 Å². The largest absolute Gasteiger partial charge is 0.344 e. The van der Waals surface area contributed by atoms with E-state index in [0.717, 1.165) is 12.1 Å². The normalized spacial score (nSPS) is 17.3. The molecule has 0 bridgehead atoms. The molecule has 0 atom stereocenters. The minimum Gasteiger partial charge on any atom is -0.344 e. The Hall–Kier alpha value is -1.32. The summed E-state index contributed by atoms with van der Waals surface area (Å²) in [6.45, 7) is 4.83. The molecule has 25 heavy (non-hydrogen) atoms. The first-order valence-corrected chi connectivity index (χ1v) is 9.51. The van der Waals surface area contributed by atoms with Gasteiger partial charge in [-0.15, -0.1) is 12.4 Å². The summed E-state index contributed by atoms with van der Waals surface area (Å²) in [7, 11) is 0. The van der Waals surface area contributed by atoms with Gasteiger partial charge in [0.05, 0.1) is 0 Å². The van der Waals surface area contributed by atoms with E-state index in [2.05, 4.69) is 15.5 Å². The lowest BCUT2D eigenvalue weighted by molar-refractivity contribution is 0.324. The number of halogens is 2. The summed E-state index contributed by atoms with van der Waals surface area (Å²) in [6.07, 6.45) is 8.91. The molecule has 1 saturated heterocycles. The SMILES string of the molecule is Cl.Fc1ccc(-c2cc3c(n2CCCN2CCCC2)CCCC3)cc1. The fraction of sp³-hybridized carbons (Fsp3) is 0.524. The van der Waals surface area contributed by atoms with Gasteiger partial charge in [0.2, 0.25) is 0 Å². The Morgan fingerprint density at radius 3 is 2.36 bits per heavy atom. The first-order chi connectivity index (χ1) is 11.8. The highest BCUT2D eigenvalue weighted by Crippen LogP contribution is 2.31. The average Bonchev–Trinajstić information content (AvgIpc) is 3.24. The van der Waals surface area contributed by atoms with Crippen molar-refractivity contribution in [1.82, 2.24) is 9.47 Å². The fourth-order valence-corrected chi connectivity index (χ4v) is 4.34. The number of likely N-dealkylation sites (tertiary alicyclic amines) is 1. The maximum atomic E-state index is 13.3. The van der Waals surface area contributed by atoms with Crippen LogP contribution in [0.1, 0.15) is 43.4 Å². The van der Waals surface area contributed by atoms with Gasteiger partial charge in [-0.1, -0.05) is 0 Å². The molecule has 2 aliphatic rings. The van der Waals surface area contributed by atoms with Crippen molar-refractivity contribution >= 4 is 12.4 Å². The van der Waals surface area contributed by atoms with Gasteiger partial charge in [0, 0.05) is 17.9 Å². The van der Waals surface area contributed by atoms with Crippen LogP contribution in [0.15, 0.2) is 30.3 Å². The molecule has 4 rings (SSSR count). The van der Waals surface area contributed by atoms with E-state index in [0.29, 0.717) is 0 Å². The van der Waals surface area contributed by atoms with Crippen LogP contribution in [0.3, 0.4) is 0 Å². The lowest BCUT2D eigenvalue weighted by Gasteiger charge is -2.19. The first kappa shape index (κ1) is 18.5. The Kier molecular flexibility index (Phi) is 6.19. The molecule has 1 fully saturated rings. The quantitative estimate of drug-likeness (QED) is 0.720. The summed E-state index contributed by atoms with van der Waals surface area (Å²) in [5.74, 6) is -0.157. The van der Waals surface area contributed by atoms with Crippen LogP contribution in [0.2, 0.25) is 0 Å². The number of rotatable bonds is 5. The number of nitrogens with zero attached hydrogens (tertiary/aromatic N) is 2. The Morgan fingerprint density at radius 2 is 1.60 bits per heavy atom. The van der Waals surface area contributed by atoms with Gasteiger partial charge >= 0.3 is 0 Å². The number of fused-ring (bicyclic) bond motifs is 1. The van der Waals surface area contributed by atoms with Crippen molar-refractivity contribution in [1.29, 1.82) is 0 Å². The van der Waals surface area contributed by atoms with Crippen molar-refractivity contribution in [2.45, 2.75) is 51.5 Å². The van der Waals surface area contributed by atoms with Gasteiger partial charge in [-0.2, -0.15) is 0 Å². The summed E-state index contributed by atoms with van der Waals surface area (Å²) < 4.78 is 15.8. The molecule has 136 valence electrons. The molecule has 0 spiro atoms. The van der Waals surface area contributed by atoms with E-state index in [1.165, 1.54) is 81.5 Å². The third-order valence-electron chi connectivity index (χ3n) is 5.60. The Balaban J connectivity index is 0.00000182. The van der Waals surface area contributed by atoms with Gasteiger partial charge in [0.1, 0.15) is 5.82 Å². The summed E-state index contributed by atoms with van der Waals surface area (Å²) >= 11 is 0. The fourth-order valence-electron chi connectivity index (χ4n) is 4.34. The molecule has 0 unspecified atom stereocenters. The van der Waals surface area contributed by atoms with Crippen LogP contribution in [0.5, 0.6) is 0 Å². The van der Waals surface area contributed by atoms with E-state index in [4.69, 9.17) is 0 Å². The van der Waals surface area contributed by atoms with E-state index in [-0.39, 0.29) is 18.2 Å². The van der Waals surface area contributed by atoms with E-state index >= 15 is 0 Å². The molecule has 4 heteroatoms. The molecule has 2 aromatic rings. The number of aryl methyl sites for hydroxylation is 1. The molecule has 1 aliphatic carbocycles. The zero-order valence-electron chi connectivity index (χ0n) is 14.8. The lowest BCUT2D eigenvalue weighted by atomic mass is 9.98. The van der Waals surface area contributed by atoms with Crippen molar-refractivity contribution in [2.24, 2.45) is 0 Å². The molecular formula is C21H28ClFN2. The van der Waals surface area contributed by atoms with Gasteiger partial charge in [-0.05, 0) is 106 Å². The Bertz CT molecular complexity index is 687. The van der Waals surface area contributed by atoms with E-state index in [9.17, 15) is 4.39 Å². The molecule has 2 nitrogen and oxygen atoms in total. The van der Waals surface area contributed by atoms with E-state index < -0.39 is 0 Å². The third-order valence-corrected chi connectivity index (χ3v) is 5.60. The molecule has 0 N–H and O–H groups in total. The topological polar surface area (TPSA) is 8.17 Å². The Morgan fingerprint density at radius 1 is 0.880 bits per heavy atom. The van der Waals surface area contributed by atoms with Crippen LogP contribution in [0.4, 0.5) is 4.39 Å². The second kappa shape index (κ2) is 8.37. The molecule has 2 heterocycles. The second-order valence-corrected chi connectivity index (χ2v) is 7.27. The molecular weight excluding hydrogens is 335 g/mol. The zero-order valence-corrected chi connectivity index (χ0v) is 15.7. The number of benzene rings is 1. The predicted octanol–water partition coefficient (Wildman–Crippen LogP) is 5.08. The van der Waals surface area contributed by atoms with Crippen LogP contribution in [0.25, 0.3) is 11.3 Å². The molecule has 0 saturated carbocycles. The molecule has 0 amide bonds. The zero-order chi connectivity index (χ0) is 16.4. The van der Waals surface area contributed by atoms with Gasteiger partial charge in [-0.25, -0.2) is 4.39 Å². The van der Waals surface area contributed by atoms with Crippen LogP contribution < -0.4 is 0 Å². The third kappa shape index (κ3) is 4.09. The summed E-state index contributed by atoms with van der Waals surface area (Å²) in [5.41, 5.74) is 5.47. The van der Waals surface area contributed by atoms with Crippen molar-refractivity contribution in [2.75, 3.05) is 19.6 Å². The van der Waals surface area contributed by atoms with Crippen LogP contribution in [-0.2, 0) is 19.4 Å². The van der Waals surface area contributed by atoms with Gasteiger partial charge in [-0.3, -0.25) is 0 Å². The van der Waals surface area contributed by atoms with Crippen LogP contribution >= 0.6 is 12.4 Å². The molecule has 1 aliphatic heterocycles. The van der Waals surface area contributed by atoms with Crippen molar-refractivity contribution < 1.29 is 4.39 Å². The average molecular weight is 363 g/mol. The monoisotopic (exact) mass is 362 g/mol. The maximum Gasteiger partial charge on any atom is 0.123 e. The first-order valence-electron chi connectivity index (χ1n) is 9.51. The van der Waals surface area contributed by atoms with Gasteiger partial charge in [0.25, 0.3) is 0 Å².